The average Bonchev–Trinajstić information content (AvgIpc) is 2.73. The average molecular weight is 247 g/mol. The van der Waals surface area contributed by atoms with E-state index >= 15 is 0 Å². The van der Waals surface area contributed by atoms with Gasteiger partial charge in [0.2, 0.25) is 0 Å². The Morgan fingerprint density at radius 2 is 1.88 bits per heavy atom. The summed E-state index contributed by atoms with van der Waals surface area (Å²) >= 11 is 1.82. The Kier molecular flexibility index (Phi) is 3.82. The zero-order chi connectivity index (χ0) is 12.3. The van der Waals surface area contributed by atoms with E-state index in [0.29, 0.717) is 5.75 Å². The standard InChI is InChI=1S/C14H17NOS/c1-10-3-8-14(17-10)9-15-11(2)12-4-6-13(16)7-5-12/h3-8,11,15-16H,9H2,1-2H3. The Bertz CT molecular complexity index is 475. The fraction of sp³-hybridized carbons (Fsp3) is 0.286. The van der Waals surface area contributed by atoms with Crippen LogP contribution in [0.5, 0.6) is 5.75 Å². The van der Waals surface area contributed by atoms with Gasteiger partial charge in [-0.05, 0) is 43.7 Å². The molecule has 0 aliphatic heterocycles. The second-order valence-corrected chi connectivity index (χ2v) is 5.58. The molecule has 0 spiro atoms. The smallest absolute Gasteiger partial charge is 0.115 e. The van der Waals surface area contributed by atoms with Crippen LogP contribution in [0.1, 0.15) is 28.3 Å². The first-order chi connectivity index (χ1) is 8.15. The van der Waals surface area contributed by atoms with E-state index in [0.717, 1.165) is 6.54 Å². The van der Waals surface area contributed by atoms with Gasteiger partial charge in [-0.15, -0.1) is 11.3 Å². The van der Waals surface area contributed by atoms with Crippen LogP contribution in [0, 0.1) is 6.92 Å². The van der Waals surface area contributed by atoms with Gasteiger partial charge < -0.3 is 10.4 Å². The van der Waals surface area contributed by atoms with E-state index in [-0.39, 0.29) is 6.04 Å². The number of aryl methyl sites for hydroxylation is 1. The monoisotopic (exact) mass is 247 g/mol. The number of thiophene rings is 1. The zero-order valence-corrected chi connectivity index (χ0v) is 10.9. The molecule has 0 saturated carbocycles. The third kappa shape index (κ3) is 3.32. The lowest BCUT2D eigenvalue weighted by Crippen LogP contribution is -2.17. The normalized spacial score (nSPS) is 12.6. The summed E-state index contributed by atoms with van der Waals surface area (Å²) in [6.07, 6.45) is 0. The fourth-order valence-corrected chi connectivity index (χ4v) is 2.56. The van der Waals surface area contributed by atoms with Crippen molar-refractivity contribution in [1.29, 1.82) is 0 Å². The minimum Gasteiger partial charge on any atom is -0.508 e. The lowest BCUT2D eigenvalue weighted by Gasteiger charge is -2.13. The summed E-state index contributed by atoms with van der Waals surface area (Å²) in [5, 5.41) is 12.7. The molecule has 3 heteroatoms. The highest BCUT2D eigenvalue weighted by atomic mass is 32.1. The number of nitrogens with one attached hydrogen (secondary N) is 1. The van der Waals surface area contributed by atoms with Gasteiger partial charge in [0, 0.05) is 22.3 Å². The van der Waals surface area contributed by atoms with Crippen LogP contribution in [0.25, 0.3) is 0 Å². The Balaban J connectivity index is 1.93. The minimum absolute atomic E-state index is 0.290. The van der Waals surface area contributed by atoms with Gasteiger partial charge in [-0.2, -0.15) is 0 Å². The van der Waals surface area contributed by atoms with Gasteiger partial charge in [-0.1, -0.05) is 12.1 Å². The van der Waals surface area contributed by atoms with E-state index in [1.807, 2.05) is 23.5 Å². The van der Waals surface area contributed by atoms with E-state index in [1.165, 1.54) is 15.3 Å². The van der Waals surface area contributed by atoms with Crippen LogP contribution in [0.4, 0.5) is 0 Å². The summed E-state index contributed by atoms with van der Waals surface area (Å²) in [7, 11) is 0. The van der Waals surface area contributed by atoms with Gasteiger partial charge >= 0.3 is 0 Å². The van der Waals surface area contributed by atoms with Crippen molar-refractivity contribution in [3.63, 3.8) is 0 Å². The second-order valence-electron chi connectivity index (χ2n) is 4.21. The highest BCUT2D eigenvalue weighted by Crippen LogP contribution is 2.19. The molecule has 2 aromatic rings. The minimum atomic E-state index is 0.290. The van der Waals surface area contributed by atoms with E-state index in [4.69, 9.17) is 0 Å². The van der Waals surface area contributed by atoms with Crippen molar-refractivity contribution in [2.24, 2.45) is 0 Å². The Labute approximate surface area is 106 Å². The third-order valence-corrected chi connectivity index (χ3v) is 3.77. The number of rotatable bonds is 4. The topological polar surface area (TPSA) is 32.3 Å². The molecule has 2 N–H and O–H groups in total. The van der Waals surface area contributed by atoms with Crippen molar-refractivity contribution in [2.45, 2.75) is 26.4 Å². The predicted molar refractivity (Wildman–Crippen MR) is 72.4 cm³/mol. The van der Waals surface area contributed by atoms with Gasteiger partial charge in [-0.25, -0.2) is 0 Å². The molecule has 1 atom stereocenters. The first-order valence-electron chi connectivity index (χ1n) is 5.73. The molecule has 90 valence electrons. The molecule has 2 nitrogen and oxygen atoms in total. The quantitative estimate of drug-likeness (QED) is 0.865. The van der Waals surface area contributed by atoms with Crippen molar-refractivity contribution in [3.8, 4) is 5.75 Å². The van der Waals surface area contributed by atoms with Crippen LogP contribution in [0.2, 0.25) is 0 Å². The van der Waals surface area contributed by atoms with Crippen LogP contribution in [0.3, 0.4) is 0 Å². The van der Waals surface area contributed by atoms with Crippen LogP contribution in [-0.4, -0.2) is 5.11 Å². The summed E-state index contributed by atoms with van der Waals surface area (Å²) in [6.45, 7) is 5.14. The van der Waals surface area contributed by atoms with Crippen LogP contribution >= 0.6 is 11.3 Å². The molecule has 1 aromatic heterocycles. The lowest BCUT2D eigenvalue weighted by molar-refractivity contribution is 0.474. The van der Waals surface area contributed by atoms with Crippen molar-refractivity contribution < 1.29 is 5.11 Å². The Hall–Kier alpha value is -1.32. The number of hydrogen-bond donors (Lipinski definition) is 2. The van der Waals surface area contributed by atoms with Crippen molar-refractivity contribution in [2.75, 3.05) is 0 Å². The van der Waals surface area contributed by atoms with Gasteiger partial charge in [0.1, 0.15) is 5.75 Å². The van der Waals surface area contributed by atoms with E-state index < -0.39 is 0 Å². The van der Waals surface area contributed by atoms with E-state index in [9.17, 15) is 5.11 Å². The first-order valence-corrected chi connectivity index (χ1v) is 6.54. The second kappa shape index (κ2) is 5.34. The highest BCUT2D eigenvalue weighted by Gasteiger charge is 2.05. The molecule has 0 amide bonds. The third-order valence-electron chi connectivity index (χ3n) is 2.77. The molecule has 0 saturated heterocycles. The summed E-state index contributed by atoms with van der Waals surface area (Å²) < 4.78 is 0. The molecule has 0 fully saturated rings. The van der Waals surface area contributed by atoms with Crippen molar-refractivity contribution in [1.82, 2.24) is 5.32 Å². The van der Waals surface area contributed by atoms with E-state index in [1.54, 1.807) is 12.1 Å². The molecule has 1 aromatic carbocycles. The molecule has 1 unspecified atom stereocenters. The van der Waals surface area contributed by atoms with Gasteiger partial charge in [0.25, 0.3) is 0 Å². The maximum absolute atomic E-state index is 9.23. The number of phenolic OH excluding ortho intramolecular Hbond substituents is 1. The maximum atomic E-state index is 9.23. The SMILES string of the molecule is Cc1ccc(CNC(C)c2ccc(O)cc2)s1. The van der Waals surface area contributed by atoms with Crippen LogP contribution in [0.15, 0.2) is 36.4 Å². The molecule has 0 aliphatic carbocycles. The largest absolute Gasteiger partial charge is 0.508 e. The number of phenols is 1. The number of hydrogen-bond acceptors (Lipinski definition) is 3. The fourth-order valence-electron chi connectivity index (χ4n) is 1.71. The molecular formula is C14H17NOS. The number of benzene rings is 1. The van der Waals surface area contributed by atoms with E-state index in [2.05, 4.69) is 31.3 Å². The summed E-state index contributed by atoms with van der Waals surface area (Å²) in [5.74, 6) is 0.315. The predicted octanol–water partition coefficient (Wildman–Crippen LogP) is 3.61. The van der Waals surface area contributed by atoms with Crippen molar-refractivity contribution in [3.05, 3.63) is 51.7 Å². The molecule has 0 bridgehead atoms. The molecule has 0 radical (unpaired) electrons. The highest BCUT2D eigenvalue weighted by molar-refractivity contribution is 7.11. The zero-order valence-electron chi connectivity index (χ0n) is 10.1. The molecule has 17 heavy (non-hydrogen) atoms. The lowest BCUT2D eigenvalue weighted by atomic mass is 10.1. The summed E-state index contributed by atoms with van der Waals surface area (Å²) in [5.41, 5.74) is 1.19. The summed E-state index contributed by atoms with van der Waals surface area (Å²) in [4.78, 5) is 2.70. The van der Waals surface area contributed by atoms with Gasteiger partial charge in [-0.3, -0.25) is 0 Å². The van der Waals surface area contributed by atoms with Gasteiger partial charge in [0.05, 0.1) is 0 Å². The maximum Gasteiger partial charge on any atom is 0.115 e. The van der Waals surface area contributed by atoms with Crippen LogP contribution in [-0.2, 0) is 6.54 Å². The van der Waals surface area contributed by atoms with Crippen LogP contribution < -0.4 is 5.32 Å². The summed E-state index contributed by atoms with van der Waals surface area (Å²) in [6, 6.07) is 12.0. The number of aromatic hydroxyl groups is 1. The van der Waals surface area contributed by atoms with Crippen molar-refractivity contribution >= 4 is 11.3 Å². The Morgan fingerprint density at radius 3 is 2.47 bits per heavy atom. The molecule has 1 heterocycles. The van der Waals surface area contributed by atoms with Gasteiger partial charge in [0.15, 0.2) is 0 Å². The molecule has 2 rings (SSSR count). The first kappa shape index (κ1) is 12.1. The molecule has 0 aliphatic rings. The Morgan fingerprint density at radius 1 is 1.18 bits per heavy atom. The molecular weight excluding hydrogens is 230 g/mol.